The Bertz CT molecular complexity index is 1060. The summed E-state index contributed by atoms with van der Waals surface area (Å²) < 4.78 is 15.8. The summed E-state index contributed by atoms with van der Waals surface area (Å²) in [5.41, 5.74) is 2.45. The summed E-state index contributed by atoms with van der Waals surface area (Å²) in [4.78, 5) is 30.4. The van der Waals surface area contributed by atoms with Crippen LogP contribution in [0.4, 0.5) is 11.4 Å². The molecule has 8 nitrogen and oxygen atoms in total. The van der Waals surface area contributed by atoms with E-state index in [2.05, 4.69) is 15.6 Å². The molecule has 0 spiro atoms. The van der Waals surface area contributed by atoms with E-state index in [0.29, 0.717) is 34.9 Å². The highest BCUT2D eigenvalue weighted by molar-refractivity contribution is 6.25. The molecule has 1 heterocycles. The SMILES string of the molecule is CCOC(=O)C1=C(CC)Nc2ccccc2N=C1NC(=O)c1ccc(OC)c(OC)c1. The lowest BCUT2D eigenvalue weighted by molar-refractivity contribution is -0.137. The van der Waals surface area contributed by atoms with Gasteiger partial charge in [0.1, 0.15) is 11.4 Å². The highest BCUT2D eigenvalue weighted by atomic mass is 16.5. The van der Waals surface area contributed by atoms with Gasteiger partial charge in [0.15, 0.2) is 11.5 Å². The molecule has 0 aromatic heterocycles. The Kier molecular flexibility index (Phi) is 6.92. The number of rotatable bonds is 6. The molecule has 2 N–H and O–H groups in total. The molecule has 0 saturated heterocycles. The van der Waals surface area contributed by atoms with E-state index < -0.39 is 11.9 Å². The molecule has 1 amide bonds. The number of esters is 1. The average molecular weight is 423 g/mol. The Balaban J connectivity index is 2.05. The molecule has 0 fully saturated rings. The van der Waals surface area contributed by atoms with Crippen molar-refractivity contribution in [3.05, 3.63) is 59.3 Å². The van der Waals surface area contributed by atoms with Gasteiger partial charge in [-0.1, -0.05) is 19.1 Å². The number of aliphatic imine (C=N–C) groups is 1. The van der Waals surface area contributed by atoms with Gasteiger partial charge in [0.05, 0.1) is 32.2 Å². The van der Waals surface area contributed by atoms with Crippen molar-refractivity contribution in [2.75, 3.05) is 26.1 Å². The smallest absolute Gasteiger partial charge is 0.343 e. The number of methoxy groups -OCH3 is 2. The van der Waals surface area contributed by atoms with Crippen LogP contribution in [0.5, 0.6) is 11.5 Å². The van der Waals surface area contributed by atoms with Crippen LogP contribution in [0.15, 0.2) is 58.7 Å². The third kappa shape index (κ3) is 4.69. The molecular weight excluding hydrogens is 398 g/mol. The van der Waals surface area contributed by atoms with E-state index in [4.69, 9.17) is 14.2 Å². The van der Waals surface area contributed by atoms with Gasteiger partial charge in [0.2, 0.25) is 0 Å². The molecule has 1 aliphatic heterocycles. The maximum atomic E-state index is 13.0. The van der Waals surface area contributed by atoms with Crippen LogP contribution in [0.3, 0.4) is 0 Å². The molecule has 1 aliphatic rings. The van der Waals surface area contributed by atoms with Gasteiger partial charge in [-0.05, 0) is 43.7 Å². The minimum Gasteiger partial charge on any atom is -0.493 e. The van der Waals surface area contributed by atoms with E-state index in [1.807, 2.05) is 25.1 Å². The fourth-order valence-corrected chi connectivity index (χ4v) is 3.16. The number of amides is 1. The first-order valence-corrected chi connectivity index (χ1v) is 9.91. The van der Waals surface area contributed by atoms with Crippen LogP contribution >= 0.6 is 0 Å². The summed E-state index contributed by atoms with van der Waals surface area (Å²) in [6.45, 7) is 3.83. The first kappa shape index (κ1) is 21.9. The molecule has 0 atom stereocenters. The number of ether oxygens (including phenoxy) is 3. The van der Waals surface area contributed by atoms with Crippen LogP contribution in [-0.2, 0) is 9.53 Å². The zero-order valence-corrected chi connectivity index (χ0v) is 17.9. The second kappa shape index (κ2) is 9.80. The topological polar surface area (TPSA) is 98.2 Å². The Morgan fingerprint density at radius 3 is 2.45 bits per heavy atom. The molecular formula is C23H25N3O5. The predicted octanol–water partition coefficient (Wildman–Crippen LogP) is 3.82. The molecule has 2 aromatic rings. The van der Waals surface area contributed by atoms with Gasteiger partial charge in [-0.2, -0.15) is 0 Å². The molecule has 31 heavy (non-hydrogen) atoms. The number of anilines is 1. The Morgan fingerprint density at radius 1 is 1.03 bits per heavy atom. The third-order valence-corrected chi connectivity index (χ3v) is 4.67. The van der Waals surface area contributed by atoms with E-state index in [1.54, 1.807) is 31.2 Å². The van der Waals surface area contributed by atoms with E-state index in [1.165, 1.54) is 14.2 Å². The lowest BCUT2D eigenvalue weighted by Crippen LogP contribution is -2.35. The van der Waals surface area contributed by atoms with Crippen LogP contribution in [0.25, 0.3) is 0 Å². The number of nitrogens with zero attached hydrogens (tertiary/aromatic N) is 1. The molecule has 0 saturated carbocycles. The number of hydrogen-bond acceptors (Lipinski definition) is 7. The minimum atomic E-state index is -0.564. The lowest BCUT2D eigenvalue weighted by atomic mass is 10.1. The number of amidine groups is 1. The second-order valence-corrected chi connectivity index (χ2v) is 6.55. The Morgan fingerprint density at radius 2 is 1.77 bits per heavy atom. The normalized spacial score (nSPS) is 12.7. The van der Waals surface area contributed by atoms with E-state index in [9.17, 15) is 9.59 Å². The predicted molar refractivity (Wildman–Crippen MR) is 118 cm³/mol. The van der Waals surface area contributed by atoms with Crippen molar-refractivity contribution in [3.8, 4) is 11.5 Å². The summed E-state index contributed by atoms with van der Waals surface area (Å²) in [5.74, 6) is 0.0274. The van der Waals surface area contributed by atoms with Gasteiger partial charge < -0.3 is 24.8 Å². The molecule has 162 valence electrons. The molecule has 8 heteroatoms. The Labute approximate surface area is 180 Å². The van der Waals surface area contributed by atoms with E-state index >= 15 is 0 Å². The molecule has 0 bridgehead atoms. The molecule has 0 radical (unpaired) electrons. The van der Waals surface area contributed by atoms with Crippen molar-refractivity contribution in [1.29, 1.82) is 0 Å². The fraction of sp³-hybridized carbons (Fsp3) is 0.261. The van der Waals surface area contributed by atoms with Crippen LogP contribution < -0.4 is 20.1 Å². The van der Waals surface area contributed by atoms with Crippen molar-refractivity contribution in [2.24, 2.45) is 4.99 Å². The molecule has 2 aromatic carbocycles. The largest absolute Gasteiger partial charge is 0.493 e. The fourth-order valence-electron chi connectivity index (χ4n) is 3.16. The van der Waals surface area contributed by atoms with Crippen LogP contribution in [-0.4, -0.2) is 38.5 Å². The summed E-state index contributed by atoms with van der Waals surface area (Å²) in [6.07, 6.45) is 0.508. The first-order chi connectivity index (χ1) is 15.0. The monoisotopic (exact) mass is 423 g/mol. The van der Waals surface area contributed by atoms with E-state index in [-0.39, 0.29) is 18.0 Å². The van der Waals surface area contributed by atoms with Gasteiger partial charge in [-0.25, -0.2) is 9.79 Å². The Hall–Kier alpha value is -3.81. The molecule has 3 rings (SSSR count). The second-order valence-electron chi connectivity index (χ2n) is 6.55. The standard InChI is InChI=1S/C23H25N3O5/c1-5-15-20(23(28)31-6-2)21(25-17-10-8-7-9-16(17)24-15)26-22(27)14-11-12-18(29-3)19(13-14)30-4/h7-13,24H,5-6H2,1-4H3,(H,25,26,27). The van der Waals surface area contributed by atoms with Crippen molar-refractivity contribution in [2.45, 2.75) is 20.3 Å². The summed E-state index contributed by atoms with van der Waals surface area (Å²) in [6, 6.07) is 12.2. The maximum Gasteiger partial charge on any atom is 0.343 e. The summed E-state index contributed by atoms with van der Waals surface area (Å²) >= 11 is 0. The zero-order chi connectivity index (χ0) is 22.4. The van der Waals surface area contributed by atoms with Gasteiger partial charge in [0.25, 0.3) is 5.91 Å². The molecule has 0 aliphatic carbocycles. The minimum absolute atomic E-state index is 0.118. The number of nitrogens with one attached hydrogen (secondary N) is 2. The van der Waals surface area contributed by atoms with Crippen molar-refractivity contribution in [1.82, 2.24) is 5.32 Å². The average Bonchev–Trinajstić information content (AvgIpc) is 2.94. The molecule has 0 unspecified atom stereocenters. The van der Waals surface area contributed by atoms with E-state index in [0.717, 1.165) is 5.69 Å². The number of carbonyl (C=O) groups excluding carboxylic acids is 2. The van der Waals surface area contributed by atoms with Gasteiger partial charge in [-0.15, -0.1) is 0 Å². The maximum absolute atomic E-state index is 13.0. The number of hydrogen-bond donors (Lipinski definition) is 2. The number of fused-ring (bicyclic) bond motifs is 1. The van der Waals surface area contributed by atoms with Crippen molar-refractivity contribution >= 4 is 29.1 Å². The quantitative estimate of drug-likeness (QED) is 0.686. The summed E-state index contributed by atoms with van der Waals surface area (Å²) in [5, 5.41) is 6.03. The highest BCUT2D eigenvalue weighted by Crippen LogP contribution is 2.32. The van der Waals surface area contributed by atoms with Crippen LogP contribution in [0.2, 0.25) is 0 Å². The third-order valence-electron chi connectivity index (χ3n) is 4.67. The van der Waals surface area contributed by atoms with Crippen LogP contribution in [0, 0.1) is 0 Å². The lowest BCUT2D eigenvalue weighted by Gasteiger charge is -2.15. The summed E-state index contributed by atoms with van der Waals surface area (Å²) in [7, 11) is 3.01. The highest BCUT2D eigenvalue weighted by Gasteiger charge is 2.27. The zero-order valence-electron chi connectivity index (χ0n) is 17.9. The van der Waals surface area contributed by atoms with Crippen LogP contribution in [0.1, 0.15) is 30.6 Å². The number of carbonyl (C=O) groups is 2. The van der Waals surface area contributed by atoms with Gasteiger partial charge >= 0.3 is 5.97 Å². The van der Waals surface area contributed by atoms with Gasteiger partial charge in [0, 0.05) is 11.3 Å². The van der Waals surface area contributed by atoms with Crippen molar-refractivity contribution < 1.29 is 23.8 Å². The van der Waals surface area contributed by atoms with Gasteiger partial charge in [-0.3, -0.25) is 4.79 Å². The number of allylic oxidation sites excluding steroid dienone is 1. The number of para-hydroxylation sites is 2. The van der Waals surface area contributed by atoms with Crippen molar-refractivity contribution in [3.63, 3.8) is 0 Å². The number of benzene rings is 2. The first-order valence-electron chi connectivity index (χ1n) is 9.91.